The van der Waals surface area contributed by atoms with E-state index in [1.54, 1.807) is 7.11 Å². The predicted octanol–water partition coefficient (Wildman–Crippen LogP) is 0.749. The van der Waals surface area contributed by atoms with Crippen LogP contribution in [0.25, 0.3) is 0 Å². The highest BCUT2D eigenvalue weighted by Gasteiger charge is 2.10. The third kappa shape index (κ3) is 2.81. The number of rotatable bonds is 3. The van der Waals surface area contributed by atoms with Crippen molar-refractivity contribution in [2.24, 2.45) is 0 Å². The fourth-order valence-corrected chi connectivity index (χ4v) is 1.43. The highest BCUT2D eigenvalue weighted by Crippen LogP contribution is 2.11. The molecule has 0 aliphatic carbocycles. The van der Waals surface area contributed by atoms with Crippen molar-refractivity contribution < 1.29 is 9.47 Å². The van der Waals surface area contributed by atoms with Crippen molar-refractivity contribution in [3.8, 4) is 5.88 Å². The quantitative estimate of drug-likeness (QED) is 0.796. The number of aromatic nitrogens is 1. The van der Waals surface area contributed by atoms with Gasteiger partial charge in [-0.05, 0) is 6.07 Å². The number of anilines is 1. The second-order valence-corrected chi connectivity index (χ2v) is 3.28. The highest BCUT2D eigenvalue weighted by molar-refractivity contribution is 5.35. The Kier molecular flexibility index (Phi) is 3.37. The molecule has 0 bridgehead atoms. The summed E-state index contributed by atoms with van der Waals surface area (Å²) >= 11 is 0. The number of nitrogens with one attached hydrogen (secondary N) is 1. The Bertz CT molecular complexity index is 313. The summed E-state index contributed by atoms with van der Waals surface area (Å²) in [5.41, 5.74) is 3.22. The molecule has 1 aliphatic rings. The fraction of sp³-hybridized carbons (Fsp3) is 0.500. The third-order valence-electron chi connectivity index (χ3n) is 2.22. The second-order valence-electron chi connectivity index (χ2n) is 3.28. The van der Waals surface area contributed by atoms with Gasteiger partial charge in [-0.2, -0.15) is 4.98 Å². The zero-order chi connectivity index (χ0) is 10.5. The van der Waals surface area contributed by atoms with Crippen molar-refractivity contribution in [3.63, 3.8) is 0 Å². The predicted molar refractivity (Wildman–Crippen MR) is 56.8 cm³/mol. The largest absolute Gasteiger partial charge is 0.481 e. The molecule has 0 aromatic carbocycles. The molecule has 1 aliphatic heterocycles. The summed E-state index contributed by atoms with van der Waals surface area (Å²) in [7, 11) is 1.61. The van der Waals surface area contributed by atoms with Gasteiger partial charge in [-0.15, -0.1) is 0 Å². The van der Waals surface area contributed by atoms with Crippen molar-refractivity contribution in [1.29, 1.82) is 0 Å². The first-order valence-corrected chi connectivity index (χ1v) is 4.99. The molecule has 0 saturated carbocycles. The molecule has 0 radical (unpaired) electrons. The monoisotopic (exact) mass is 209 g/mol. The number of hydrogen-bond acceptors (Lipinski definition) is 5. The van der Waals surface area contributed by atoms with Crippen LogP contribution in [0.1, 0.15) is 0 Å². The van der Waals surface area contributed by atoms with Gasteiger partial charge in [0, 0.05) is 19.2 Å². The van der Waals surface area contributed by atoms with E-state index in [1.165, 1.54) is 0 Å². The lowest BCUT2D eigenvalue weighted by Gasteiger charge is -2.27. The first-order valence-electron chi connectivity index (χ1n) is 4.99. The van der Waals surface area contributed by atoms with Crippen molar-refractivity contribution in [2.45, 2.75) is 0 Å². The van der Waals surface area contributed by atoms with Crippen LogP contribution in [0, 0.1) is 0 Å². The Labute approximate surface area is 89.0 Å². The van der Waals surface area contributed by atoms with Crippen LogP contribution in [0.5, 0.6) is 5.88 Å². The molecular formula is C10H15N3O2. The van der Waals surface area contributed by atoms with Gasteiger partial charge in [0.25, 0.3) is 0 Å². The number of ether oxygens (including phenoxy) is 2. The number of pyridine rings is 1. The molecule has 0 atom stereocenters. The Morgan fingerprint density at radius 1 is 1.40 bits per heavy atom. The molecule has 5 heteroatoms. The molecule has 15 heavy (non-hydrogen) atoms. The van der Waals surface area contributed by atoms with E-state index in [-0.39, 0.29) is 0 Å². The lowest BCUT2D eigenvalue weighted by Crippen LogP contribution is -2.40. The lowest BCUT2D eigenvalue weighted by atomic mass is 10.4. The molecule has 1 N–H and O–H groups in total. The van der Waals surface area contributed by atoms with Crippen LogP contribution in [0.2, 0.25) is 0 Å². The molecule has 1 saturated heterocycles. The fourth-order valence-electron chi connectivity index (χ4n) is 1.43. The molecule has 2 heterocycles. The van der Waals surface area contributed by atoms with E-state index in [4.69, 9.17) is 9.47 Å². The van der Waals surface area contributed by atoms with Crippen molar-refractivity contribution in [3.05, 3.63) is 18.2 Å². The van der Waals surface area contributed by atoms with Gasteiger partial charge in [-0.1, -0.05) is 6.07 Å². The summed E-state index contributed by atoms with van der Waals surface area (Å²) in [6, 6.07) is 5.65. The minimum atomic E-state index is 0.619. The first kappa shape index (κ1) is 10.2. The summed E-state index contributed by atoms with van der Waals surface area (Å²) < 4.78 is 10.3. The van der Waals surface area contributed by atoms with E-state index in [1.807, 2.05) is 18.2 Å². The van der Waals surface area contributed by atoms with Crippen LogP contribution in [0.15, 0.2) is 18.2 Å². The Morgan fingerprint density at radius 3 is 2.93 bits per heavy atom. The number of hydrazine groups is 1. The zero-order valence-corrected chi connectivity index (χ0v) is 8.77. The van der Waals surface area contributed by atoms with Crippen molar-refractivity contribution in [1.82, 2.24) is 9.99 Å². The average molecular weight is 209 g/mol. The summed E-state index contributed by atoms with van der Waals surface area (Å²) in [4.78, 5) is 4.27. The van der Waals surface area contributed by atoms with Crippen LogP contribution < -0.4 is 10.2 Å². The smallest absolute Gasteiger partial charge is 0.214 e. The Balaban J connectivity index is 1.96. The van der Waals surface area contributed by atoms with Gasteiger partial charge in [-0.3, -0.25) is 0 Å². The standard InChI is InChI=1S/C10H15N3O2/c1-14-10-4-2-3-9(11-10)12-13-5-7-15-8-6-13/h2-4H,5-8H2,1H3,(H,11,12). The Morgan fingerprint density at radius 2 is 2.20 bits per heavy atom. The molecule has 82 valence electrons. The van der Waals surface area contributed by atoms with Crippen LogP contribution in [0.4, 0.5) is 5.82 Å². The van der Waals surface area contributed by atoms with E-state index in [2.05, 4.69) is 15.4 Å². The van der Waals surface area contributed by atoms with E-state index >= 15 is 0 Å². The summed E-state index contributed by atoms with van der Waals surface area (Å²) in [5.74, 6) is 1.42. The van der Waals surface area contributed by atoms with Crippen LogP contribution in [-0.2, 0) is 4.74 Å². The van der Waals surface area contributed by atoms with Gasteiger partial charge < -0.3 is 14.9 Å². The van der Waals surface area contributed by atoms with Gasteiger partial charge in [0.15, 0.2) is 0 Å². The molecular weight excluding hydrogens is 194 g/mol. The molecule has 0 amide bonds. The van der Waals surface area contributed by atoms with Gasteiger partial charge in [0.1, 0.15) is 5.82 Å². The number of nitrogens with zero attached hydrogens (tertiary/aromatic N) is 2. The van der Waals surface area contributed by atoms with Gasteiger partial charge in [-0.25, -0.2) is 5.01 Å². The van der Waals surface area contributed by atoms with Gasteiger partial charge in [0.05, 0.1) is 20.3 Å². The number of morpholine rings is 1. The maximum absolute atomic E-state index is 5.26. The molecule has 2 rings (SSSR count). The summed E-state index contributed by atoms with van der Waals surface area (Å²) in [6.07, 6.45) is 0. The van der Waals surface area contributed by atoms with Crippen molar-refractivity contribution in [2.75, 3.05) is 38.8 Å². The molecule has 1 aromatic rings. The molecule has 0 spiro atoms. The molecule has 0 unspecified atom stereocenters. The van der Waals surface area contributed by atoms with Gasteiger partial charge in [0.2, 0.25) is 5.88 Å². The van der Waals surface area contributed by atoms with Crippen LogP contribution in [-0.4, -0.2) is 43.4 Å². The second kappa shape index (κ2) is 4.95. The number of methoxy groups -OCH3 is 1. The number of hydrogen-bond donors (Lipinski definition) is 1. The first-order chi connectivity index (χ1) is 7.38. The maximum atomic E-state index is 5.26. The molecule has 1 aromatic heterocycles. The Hall–Kier alpha value is -1.33. The summed E-state index contributed by atoms with van der Waals surface area (Å²) in [5, 5.41) is 2.09. The topological polar surface area (TPSA) is 46.6 Å². The highest BCUT2D eigenvalue weighted by atomic mass is 16.5. The maximum Gasteiger partial charge on any atom is 0.214 e. The average Bonchev–Trinajstić information content (AvgIpc) is 2.31. The molecule has 1 fully saturated rings. The van der Waals surface area contributed by atoms with E-state index in [9.17, 15) is 0 Å². The lowest BCUT2D eigenvalue weighted by molar-refractivity contribution is 0.0494. The van der Waals surface area contributed by atoms with Gasteiger partial charge >= 0.3 is 0 Å². The zero-order valence-electron chi connectivity index (χ0n) is 8.77. The van der Waals surface area contributed by atoms with E-state index < -0.39 is 0 Å². The van der Waals surface area contributed by atoms with Crippen molar-refractivity contribution >= 4 is 5.82 Å². The minimum Gasteiger partial charge on any atom is -0.481 e. The molecule has 5 nitrogen and oxygen atoms in total. The van der Waals surface area contributed by atoms with E-state index in [0.29, 0.717) is 5.88 Å². The normalized spacial score (nSPS) is 17.4. The van der Waals surface area contributed by atoms with Crippen LogP contribution >= 0.6 is 0 Å². The van der Waals surface area contributed by atoms with Crippen LogP contribution in [0.3, 0.4) is 0 Å². The minimum absolute atomic E-state index is 0.619. The summed E-state index contributed by atoms with van der Waals surface area (Å²) in [6.45, 7) is 3.27. The SMILES string of the molecule is COc1cccc(NN2CCOCC2)n1. The third-order valence-corrected chi connectivity index (χ3v) is 2.22. The van der Waals surface area contributed by atoms with E-state index in [0.717, 1.165) is 32.1 Å².